The monoisotopic (exact) mass is 688 g/mol. The Labute approximate surface area is 246 Å². The summed E-state index contributed by atoms with van der Waals surface area (Å²) in [6, 6.07) is 6.48. The van der Waals surface area contributed by atoms with E-state index in [9.17, 15) is 45.5 Å². The Morgan fingerprint density at radius 2 is 1.62 bits per heavy atom. The second-order valence-corrected chi connectivity index (χ2v) is 10.1. The maximum atomic E-state index is 15.8. The smallest absolute Gasteiger partial charge is 0.309 e. The molecule has 1 N–H and O–H groups in total. The third-order valence-corrected chi connectivity index (χ3v) is 6.95. The lowest BCUT2D eigenvalue weighted by Gasteiger charge is -2.31. The molecule has 0 fully saturated rings. The summed E-state index contributed by atoms with van der Waals surface area (Å²) in [5.41, 5.74) is -9.13. The van der Waals surface area contributed by atoms with Gasteiger partial charge in [-0.15, -0.1) is 0 Å². The Kier molecular flexibility index (Phi) is 9.47. The van der Waals surface area contributed by atoms with E-state index in [4.69, 9.17) is 11.6 Å². The predicted molar refractivity (Wildman–Crippen MR) is 139 cm³/mol. The zero-order valence-electron chi connectivity index (χ0n) is 21.5. The number of rotatable bonds is 7. The number of carbonyl (C=O) groups excluding carboxylic acids is 2. The van der Waals surface area contributed by atoms with Gasteiger partial charge < -0.3 is 9.80 Å². The Morgan fingerprint density at radius 1 is 1.00 bits per heavy atom. The molecule has 3 rings (SSSR count). The van der Waals surface area contributed by atoms with E-state index in [0.717, 1.165) is 24.2 Å². The van der Waals surface area contributed by atoms with Crippen molar-refractivity contribution in [3.05, 3.63) is 86.9 Å². The molecule has 1 heterocycles. The molecule has 0 aliphatic carbocycles. The minimum absolute atomic E-state index is 0.00815. The number of amides is 2. The van der Waals surface area contributed by atoms with Gasteiger partial charge in [0.15, 0.2) is 5.82 Å². The highest BCUT2D eigenvalue weighted by Crippen LogP contribution is 2.54. The van der Waals surface area contributed by atoms with Crippen molar-refractivity contribution in [2.45, 2.75) is 31.4 Å². The standard InChI is InChI=1S/C26H20BrClF8N3O3/c1-3-9-39(22(40)14-6-5-10-38(42)13-14)19-8-4-7-16(20(19)29)23(41)37(2)21-17(27)11-15(12-18(21)28)24(30,25(31,32)33)26(34,35)36/h4-8,10-13,42H,3,9H2,1-2H3/q+1. The van der Waals surface area contributed by atoms with Crippen LogP contribution in [0.15, 0.2) is 59.3 Å². The number of nitrogens with zero attached hydrogens (tertiary/aromatic N) is 3. The van der Waals surface area contributed by atoms with E-state index in [-0.39, 0.29) is 29.9 Å². The first-order valence-electron chi connectivity index (χ1n) is 11.8. The topological polar surface area (TPSA) is 64.7 Å². The summed E-state index contributed by atoms with van der Waals surface area (Å²) in [6.45, 7) is 1.69. The summed E-state index contributed by atoms with van der Waals surface area (Å²) in [6.07, 6.45) is -10.1. The van der Waals surface area contributed by atoms with E-state index in [0.29, 0.717) is 16.1 Å². The van der Waals surface area contributed by atoms with Gasteiger partial charge in [0.2, 0.25) is 12.4 Å². The number of aromatic nitrogens is 1. The number of alkyl halides is 7. The maximum absolute atomic E-state index is 15.8. The fourth-order valence-corrected chi connectivity index (χ4v) is 5.24. The highest BCUT2D eigenvalue weighted by Gasteiger charge is 2.73. The van der Waals surface area contributed by atoms with Crippen LogP contribution >= 0.6 is 27.5 Å². The Balaban J connectivity index is 2.06. The summed E-state index contributed by atoms with van der Waals surface area (Å²) in [7, 11) is 1.01. The first kappa shape index (κ1) is 33.0. The first-order chi connectivity index (χ1) is 19.4. The molecule has 0 radical (unpaired) electrons. The molecule has 0 bridgehead atoms. The second-order valence-electron chi connectivity index (χ2n) is 8.87. The predicted octanol–water partition coefficient (Wildman–Crippen LogP) is 7.39. The van der Waals surface area contributed by atoms with E-state index in [1.807, 2.05) is 0 Å². The Hall–Kier alpha value is -3.46. The largest absolute Gasteiger partial charge is 0.435 e. The molecule has 16 heteroatoms. The minimum atomic E-state index is -6.40. The molecule has 0 spiro atoms. The van der Waals surface area contributed by atoms with Crippen molar-refractivity contribution in [1.29, 1.82) is 0 Å². The van der Waals surface area contributed by atoms with Crippen LogP contribution in [0.25, 0.3) is 0 Å². The van der Waals surface area contributed by atoms with Crippen molar-refractivity contribution < 1.29 is 54.7 Å². The summed E-state index contributed by atoms with van der Waals surface area (Å²) in [4.78, 5) is 28.1. The van der Waals surface area contributed by atoms with E-state index < -0.39 is 62.0 Å². The molecular formula is C26H20BrClF8N3O3+. The van der Waals surface area contributed by atoms with Crippen molar-refractivity contribution in [2.75, 3.05) is 23.4 Å². The first-order valence-corrected chi connectivity index (χ1v) is 12.9. The SMILES string of the molecule is CCCN(C(=O)c1ccc[n+](O)c1)c1cccc(C(=O)N(C)c2c(Cl)cc(C(F)(C(F)(F)F)C(F)(F)F)cc2Br)c1F. The number of hydrogen-bond acceptors (Lipinski definition) is 3. The fourth-order valence-electron chi connectivity index (χ4n) is 4.05. The molecule has 2 amide bonds. The van der Waals surface area contributed by atoms with Gasteiger partial charge in [-0.3, -0.25) is 14.8 Å². The van der Waals surface area contributed by atoms with Crippen molar-refractivity contribution in [3.8, 4) is 0 Å². The van der Waals surface area contributed by atoms with E-state index in [1.54, 1.807) is 6.92 Å². The number of halogens is 10. The third kappa shape index (κ3) is 6.02. The maximum Gasteiger partial charge on any atom is 0.435 e. The average molecular weight is 690 g/mol. The highest BCUT2D eigenvalue weighted by atomic mass is 79.9. The quantitative estimate of drug-likeness (QED) is 0.160. The number of pyridine rings is 1. The van der Waals surface area contributed by atoms with Crippen LogP contribution in [0.4, 0.5) is 46.5 Å². The van der Waals surface area contributed by atoms with Crippen LogP contribution in [0, 0.1) is 5.82 Å². The molecule has 2 aromatic carbocycles. The molecule has 0 unspecified atom stereocenters. The van der Waals surface area contributed by atoms with E-state index in [2.05, 4.69) is 15.9 Å². The molecular weight excluding hydrogens is 670 g/mol. The number of carbonyl (C=O) groups is 2. The molecule has 0 saturated heterocycles. The molecule has 42 heavy (non-hydrogen) atoms. The van der Waals surface area contributed by atoms with Gasteiger partial charge in [-0.05, 0) is 52.7 Å². The molecule has 1 aromatic heterocycles. The fraction of sp³-hybridized carbons (Fsp3) is 0.269. The average Bonchev–Trinajstić information content (AvgIpc) is 2.89. The van der Waals surface area contributed by atoms with Crippen molar-refractivity contribution >= 4 is 50.7 Å². The molecule has 6 nitrogen and oxygen atoms in total. The zero-order chi connectivity index (χ0) is 31.8. The normalized spacial score (nSPS) is 12.3. The van der Waals surface area contributed by atoms with Gasteiger partial charge in [-0.25, -0.2) is 8.78 Å². The van der Waals surface area contributed by atoms with Gasteiger partial charge in [0, 0.05) is 34.4 Å². The minimum Gasteiger partial charge on any atom is -0.309 e. The number of anilines is 2. The van der Waals surface area contributed by atoms with E-state index in [1.165, 1.54) is 30.5 Å². The van der Waals surface area contributed by atoms with Gasteiger partial charge in [0.1, 0.15) is 5.56 Å². The summed E-state index contributed by atoms with van der Waals surface area (Å²) >= 11 is 8.70. The van der Waals surface area contributed by atoms with Crippen LogP contribution in [0.5, 0.6) is 0 Å². The molecule has 226 valence electrons. The van der Waals surface area contributed by atoms with Crippen molar-refractivity contribution in [3.63, 3.8) is 0 Å². The number of benzene rings is 2. The molecule has 0 saturated carbocycles. The lowest BCUT2D eigenvalue weighted by molar-refractivity contribution is -0.904. The second kappa shape index (κ2) is 12.0. The van der Waals surface area contributed by atoms with Gasteiger partial charge in [-0.1, -0.05) is 24.6 Å². The van der Waals surface area contributed by atoms with Gasteiger partial charge >= 0.3 is 18.0 Å². The van der Waals surface area contributed by atoms with Crippen molar-refractivity contribution in [2.24, 2.45) is 0 Å². The van der Waals surface area contributed by atoms with E-state index >= 15 is 4.39 Å². The summed E-state index contributed by atoms with van der Waals surface area (Å²) in [5.74, 6) is -3.05. The highest BCUT2D eigenvalue weighted by molar-refractivity contribution is 9.10. The van der Waals surface area contributed by atoms with Crippen LogP contribution in [-0.4, -0.2) is 43.0 Å². The molecule has 3 aromatic rings. The van der Waals surface area contributed by atoms with Crippen LogP contribution in [0.1, 0.15) is 39.6 Å². The molecule has 0 aliphatic rings. The number of hydrogen-bond donors (Lipinski definition) is 1. The molecule has 0 aliphatic heterocycles. The van der Waals surface area contributed by atoms with Gasteiger partial charge in [0.25, 0.3) is 11.8 Å². The van der Waals surface area contributed by atoms with Crippen LogP contribution < -0.4 is 14.5 Å². The van der Waals surface area contributed by atoms with Crippen LogP contribution in [-0.2, 0) is 5.67 Å². The van der Waals surface area contributed by atoms with Gasteiger partial charge in [-0.2, -0.15) is 26.3 Å². The Morgan fingerprint density at radius 3 is 2.14 bits per heavy atom. The third-order valence-electron chi connectivity index (χ3n) is 6.06. The van der Waals surface area contributed by atoms with Gasteiger partial charge in [0.05, 0.1) is 22.0 Å². The molecule has 0 atom stereocenters. The van der Waals surface area contributed by atoms with Crippen LogP contribution in [0.2, 0.25) is 5.02 Å². The van der Waals surface area contributed by atoms with Crippen molar-refractivity contribution in [1.82, 2.24) is 0 Å². The summed E-state index contributed by atoms with van der Waals surface area (Å²) < 4.78 is 110. The lowest BCUT2D eigenvalue weighted by atomic mass is 9.94. The van der Waals surface area contributed by atoms with Crippen LogP contribution in [0.3, 0.4) is 0 Å². The lowest BCUT2D eigenvalue weighted by Crippen LogP contribution is -2.50. The summed E-state index contributed by atoms with van der Waals surface area (Å²) in [5, 5.41) is 8.76. The zero-order valence-corrected chi connectivity index (χ0v) is 23.8. The Bertz CT molecular complexity index is 1480.